The number of nitrogens with zero attached hydrogens (tertiary/aromatic N) is 2. The van der Waals surface area contributed by atoms with Gasteiger partial charge in [0.05, 0.1) is 21.8 Å². The van der Waals surface area contributed by atoms with E-state index >= 15 is 0 Å². The highest BCUT2D eigenvalue weighted by Crippen LogP contribution is 2.26. The minimum Gasteiger partial charge on any atom is -0.459 e. The summed E-state index contributed by atoms with van der Waals surface area (Å²) in [6.45, 7) is 0.972. The zero-order chi connectivity index (χ0) is 29.4. The summed E-state index contributed by atoms with van der Waals surface area (Å²) in [7, 11) is 1.14. The van der Waals surface area contributed by atoms with Crippen molar-refractivity contribution in [1.29, 1.82) is 0 Å². The summed E-state index contributed by atoms with van der Waals surface area (Å²) >= 11 is 0. The van der Waals surface area contributed by atoms with Gasteiger partial charge in [0.25, 0.3) is 11.4 Å². The fourth-order valence-corrected chi connectivity index (χ4v) is 3.92. The van der Waals surface area contributed by atoms with Gasteiger partial charge in [-0.15, -0.1) is 0 Å². The molecule has 0 spiro atoms. The molecule has 0 saturated carbocycles. The lowest BCUT2D eigenvalue weighted by atomic mass is 9.82. The highest BCUT2D eigenvalue weighted by molar-refractivity contribution is 6.03. The van der Waals surface area contributed by atoms with Gasteiger partial charge in [-0.2, -0.15) is 0 Å². The van der Waals surface area contributed by atoms with E-state index in [9.17, 15) is 39.4 Å². The first-order valence-corrected chi connectivity index (χ1v) is 11.8. The van der Waals surface area contributed by atoms with Crippen LogP contribution in [0.2, 0.25) is 0 Å². The Morgan fingerprint density at radius 3 is 1.85 bits per heavy atom. The lowest BCUT2D eigenvalue weighted by molar-refractivity contribution is -0.385. The van der Waals surface area contributed by atoms with E-state index in [0.29, 0.717) is 11.1 Å². The van der Waals surface area contributed by atoms with E-state index in [1.165, 1.54) is 55.5 Å². The number of β-lactam (4-membered cyclic amide) rings is 1. The van der Waals surface area contributed by atoms with Crippen molar-refractivity contribution in [2.45, 2.75) is 44.8 Å². The third-order valence-electron chi connectivity index (χ3n) is 6.05. The van der Waals surface area contributed by atoms with E-state index in [1.807, 2.05) is 0 Å². The molecule has 0 radical (unpaired) electrons. The molecule has 4 atom stereocenters. The van der Waals surface area contributed by atoms with Crippen molar-refractivity contribution in [3.05, 3.63) is 79.9 Å². The van der Waals surface area contributed by atoms with Crippen LogP contribution in [0.5, 0.6) is 0 Å². The summed E-state index contributed by atoms with van der Waals surface area (Å²) in [5.74, 6) is -3.03. The molecular formula is C25H25N3O12. The van der Waals surface area contributed by atoms with Gasteiger partial charge in [-0.1, -0.05) is 0 Å². The summed E-state index contributed by atoms with van der Waals surface area (Å²) < 4.78 is 20.3. The SMILES string of the molecule is CO[C@H](C(=O)C[C@@H]1NC(=O)[C@@H]1[C@@H](C)OC(=O)OCc1ccc([N+](=O)[O-])cc1)C(=O)OCc1ccc([N+](=O)[O-])cc1. The second-order valence-electron chi connectivity index (χ2n) is 8.74. The van der Waals surface area contributed by atoms with Crippen LogP contribution in [0.1, 0.15) is 24.5 Å². The molecule has 15 nitrogen and oxygen atoms in total. The standard InChI is InChI=1S/C25H25N3O12/c1-14(40-25(32)39-13-16-5-9-18(10-6-16)28(35)36)21-19(26-23(21)30)11-20(29)22(37-2)24(31)38-12-15-3-7-17(8-4-15)27(33)34/h3-10,14,19,21-22H,11-13H2,1-2H3,(H,26,30)/t14-,19+,21-,22-/m1/s1. The molecule has 1 saturated heterocycles. The smallest absolute Gasteiger partial charge is 0.459 e. The number of amides is 1. The fraction of sp³-hybridized carbons (Fsp3) is 0.360. The summed E-state index contributed by atoms with van der Waals surface area (Å²) in [6, 6.07) is 9.89. The van der Waals surface area contributed by atoms with Crippen molar-refractivity contribution in [3.8, 4) is 0 Å². The number of carbonyl (C=O) groups excluding carboxylic acids is 4. The molecule has 0 unspecified atom stereocenters. The Labute approximate surface area is 226 Å². The number of esters is 1. The van der Waals surface area contributed by atoms with Crippen molar-refractivity contribution in [2.24, 2.45) is 5.92 Å². The molecule has 1 amide bonds. The third-order valence-corrected chi connectivity index (χ3v) is 6.05. The average Bonchev–Trinajstić information content (AvgIpc) is 2.91. The third kappa shape index (κ3) is 7.57. The van der Waals surface area contributed by atoms with E-state index in [1.54, 1.807) is 0 Å². The number of ketones is 1. The van der Waals surface area contributed by atoms with Gasteiger partial charge in [0.2, 0.25) is 12.0 Å². The largest absolute Gasteiger partial charge is 0.508 e. The summed E-state index contributed by atoms with van der Waals surface area (Å²) in [6.07, 6.45) is -3.96. The maximum absolute atomic E-state index is 12.7. The van der Waals surface area contributed by atoms with E-state index in [-0.39, 0.29) is 31.0 Å². The number of ether oxygens (including phenoxy) is 4. The topological polar surface area (TPSA) is 204 Å². The second kappa shape index (κ2) is 13.2. The summed E-state index contributed by atoms with van der Waals surface area (Å²) in [5, 5.41) is 24.0. The number of Topliss-reactive ketones (excluding diaryl/α,β-unsaturated/α-hetero) is 1. The normalized spacial score (nSPS) is 17.4. The molecule has 1 N–H and O–H groups in total. The molecule has 2 aromatic rings. The molecule has 3 rings (SSSR count). The van der Waals surface area contributed by atoms with Gasteiger partial charge in [-0.3, -0.25) is 29.8 Å². The van der Waals surface area contributed by atoms with Crippen LogP contribution in [0.3, 0.4) is 0 Å². The monoisotopic (exact) mass is 559 g/mol. The Morgan fingerprint density at radius 1 is 0.900 bits per heavy atom. The first kappa shape index (κ1) is 29.6. The Morgan fingerprint density at radius 2 is 1.40 bits per heavy atom. The lowest BCUT2D eigenvalue weighted by Gasteiger charge is -2.39. The van der Waals surface area contributed by atoms with Crippen molar-refractivity contribution in [3.63, 3.8) is 0 Å². The molecule has 40 heavy (non-hydrogen) atoms. The highest BCUT2D eigenvalue weighted by Gasteiger charge is 2.47. The number of carbonyl (C=O) groups is 4. The first-order valence-electron chi connectivity index (χ1n) is 11.8. The van der Waals surface area contributed by atoms with E-state index in [2.05, 4.69) is 5.32 Å². The van der Waals surface area contributed by atoms with Gasteiger partial charge < -0.3 is 24.3 Å². The maximum atomic E-state index is 12.7. The molecule has 1 heterocycles. The molecule has 2 aromatic carbocycles. The minimum absolute atomic E-state index is 0.120. The van der Waals surface area contributed by atoms with Gasteiger partial charge in [-0.25, -0.2) is 9.59 Å². The van der Waals surface area contributed by atoms with Gasteiger partial charge in [0.15, 0.2) is 5.78 Å². The molecule has 1 aliphatic rings. The van der Waals surface area contributed by atoms with Crippen LogP contribution in [0, 0.1) is 26.1 Å². The van der Waals surface area contributed by atoms with Crippen molar-refractivity contribution in [2.75, 3.05) is 7.11 Å². The van der Waals surface area contributed by atoms with E-state index in [0.717, 1.165) is 7.11 Å². The molecule has 15 heteroatoms. The molecular weight excluding hydrogens is 534 g/mol. The number of nitro groups is 2. The predicted molar refractivity (Wildman–Crippen MR) is 133 cm³/mol. The zero-order valence-electron chi connectivity index (χ0n) is 21.3. The maximum Gasteiger partial charge on any atom is 0.508 e. The first-order chi connectivity index (χ1) is 19.0. The molecule has 0 bridgehead atoms. The van der Waals surface area contributed by atoms with Crippen LogP contribution in [0.4, 0.5) is 16.2 Å². The van der Waals surface area contributed by atoms with Gasteiger partial charge in [-0.05, 0) is 42.3 Å². The number of methoxy groups -OCH3 is 1. The molecule has 1 aliphatic heterocycles. The zero-order valence-corrected chi connectivity index (χ0v) is 21.3. The molecule has 212 valence electrons. The van der Waals surface area contributed by atoms with Gasteiger partial charge in [0, 0.05) is 37.8 Å². The quantitative estimate of drug-likeness (QED) is 0.123. The average molecular weight is 559 g/mol. The number of benzene rings is 2. The van der Waals surface area contributed by atoms with Gasteiger partial charge >= 0.3 is 12.1 Å². The minimum atomic E-state index is -1.58. The summed E-state index contributed by atoms with van der Waals surface area (Å²) in [5.41, 5.74) is 0.684. The van der Waals surface area contributed by atoms with Crippen LogP contribution in [0.15, 0.2) is 48.5 Å². The Bertz CT molecular complexity index is 1280. The van der Waals surface area contributed by atoms with E-state index < -0.39 is 57.8 Å². The number of hydrogen-bond acceptors (Lipinski definition) is 12. The summed E-state index contributed by atoms with van der Waals surface area (Å²) in [4.78, 5) is 69.7. The Balaban J connectivity index is 1.48. The number of hydrogen-bond donors (Lipinski definition) is 1. The van der Waals surface area contributed by atoms with Gasteiger partial charge in [0.1, 0.15) is 19.3 Å². The lowest BCUT2D eigenvalue weighted by Crippen LogP contribution is -2.63. The number of nitro benzene ring substituents is 2. The number of non-ortho nitro benzene ring substituents is 2. The molecule has 0 aromatic heterocycles. The highest BCUT2D eigenvalue weighted by atomic mass is 16.7. The molecule has 1 fully saturated rings. The Hall–Kier alpha value is -4.92. The number of rotatable bonds is 13. The van der Waals surface area contributed by atoms with Crippen LogP contribution >= 0.6 is 0 Å². The van der Waals surface area contributed by atoms with E-state index in [4.69, 9.17) is 18.9 Å². The van der Waals surface area contributed by atoms with Crippen LogP contribution in [0.25, 0.3) is 0 Å². The number of nitrogens with one attached hydrogen (secondary N) is 1. The Kier molecular flexibility index (Phi) is 9.81. The van der Waals surface area contributed by atoms with Crippen molar-refractivity contribution in [1.82, 2.24) is 5.32 Å². The van der Waals surface area contributed by atoms with Crippen molar-refractivity contribution >= 4 is 35.2 Å². The van der Waals surface area contributed by atoms with Crippen LogP contribution in [-0.2, 0) is 46.5 Å². The van der Waals surface area contributed by atoms with Crippen LogP contribution < -0.4 is 5.32 Å². The van der Waals surface area contributed by atoms with Crippen LogP contribution in [-0.4, -0.2) is 59.0 Å². The van der Waals surface area contributed by atoms with Crippen molar-refractivity contribution < 1.29 is 48.0 Å². The predicted octanol–water partition coefficient (Wildman–Crippen LogP) is 2.38. The fourth-order valence-electron chi connectivity index (χ4n) is 3.92. The second-order valence-corrected chi connectivity index (χ2v) is 8.74. The molecule has 0 aliphatic carbocycles.